The van der Waals surface area contributed by atoms with Crippen molar-refractivity contribution in [2.45, 2.75) is 33.2 Å². The van der Waals surface area contributed by atoms with Gasteiger partial charge in [-0.25, -0.2) is 4.79 Å². The fraction of sp³-hybridized carbons (Fsp3) is 0.400. The number of carboxylic acid groups (broad SMARTS) is 1. The van der Waals surface area contributed by atoms with Gasteiger partial charge in [0.1, 0.15) is 5.54 Å². The minimum Gasteiger partial charge on any atom is -0.478 e. The Hall–Kier alpha value is -2.08. The van der Waals surface area contributed by atoms with Gasteiger partial charge in [0.25, 0.3) is 5.91 Å². The molecule has 1 aromatic carbocycles. The molecule has 0 radical (unpaired) electrons. The normalized spacial score (nSPS) is 13.5. The molecule has 6 nitrogen and oxygen atoms in total. The second kappa shape index (κ2) is 6.36. The first kappa shape index (κ1) is 18.0. The van der Waals surface area contributed by atoms with Crippen LogP contribution in [0.1, 0.15) is 47.1 Å². The van der Waals surface area contributed by atoms with Crippen molar-refractivity contribution in [1.82, 2.24) is 5.32 Å². The summed E-state index contributed by atoms with van der Waals surface area (Å²) in [5, 5.41) is 11.8. The highest BCUT2D eigenvalue weighted by Crippen LogP contribution is 2.25. The average molecular weight is 327 g/mol. The molecule has 0 heterocycles. The summed E-state index contributed by atoms with van der Waals surface area (Å²) in [6.07, 6.45) is 0. The summed E-state index contributed by atoms with van der Waals surface area (Å²) in [5.41, 5.74) is 4.18. The van der Waals surface area contributed by atoms with Crippen LogP contribution in [0.2, 0.25) is 5.02 Å². The van der Waals surface area contributed by atoms with E-state index < -0.39 is 23.3 Å². The molecule has 0 saturated carbocycles. The van der Waals surface area contributed by atoms with E-state index in [0.29, 0.717) is 5.56 Å². The zero-order valence-corrected chi connectivity index (χ0v) is 13.6. The highest BCUT2D eigenvalue weighted by atomic mass is 35.5. The zero-order valence-electron chi connectivity index (χ0n) is 12.9. The third kappa shape index (κ3) is 3.22. The number of hydrogen-bond acceptors (Lipinski definition) is 3. The van der Waals surface area contributed by atoms with E-state index in [1.807, 2.05) is 0 Å². The molecule has 1 unspecified atom stereocenters. The Morgan fingerprint density at radius 1 is 1.32 bits per heavy atom. The van der Waals surface area contributed by atoms with E-state index in [-0.39, 0.29) is 22.1 Å². The lowest BCUT2D eigenvalue weighted by Gasteiger charge is -2.31. The van der Waals surface area contributed by atoms with Gasteiger partial charge in [0.05, 0.1) is 16.1 Å². The fourth-order valence-corrected chi connectivity index (χ4v) is 2.12. The Morgan fingerprint density at radius 3 is 2.27 bits per heavy atom. The molecule has 0 aromatic heterocycles. The number of amides is 2. The van der Waals surface area contributed by atoms with Gasteiger partial charge in [-0.15, -0.1) is 0 Å². The van der Waals surface area contributed by atoms with Crippen molar-refractivity contribution in [3.8, 4) is 0 Å². The molecule has 4 N–H and O–H groups in total. The number of primary amides is 1. The molecule has 7 heteroatoms. The molecule has 0 spiro atoms. The molecular weight excluding hydrogens is 308 g/mol. The van der Waals surface area contributed by atoms with Crippen molar-refractivity contribution in [3.05, 3.63) is 33.8 Å². The quantitative estimate of drug-likeness (QED) is 0.768. The van der Waals surface area contributed by atoms with Gasteiger partial charge in [0.15, 0.2) is 0 Å². The van der Waals surface area contributed by atoms with E-state index >= 15 is 0 Å². The number of benzene rings is 1. The van der Waals surface area contributed by atoms with Gasteiger partial charge >= 0.3 is 5.97 Å². The van der Waals surface area contributed by atoms with Crippen LogP contribution in [-0.4, -0.2) is 28.4 Å². The average Bonchev–Trinajstić information content (AvgIpc) is 2.40. The number of aromatic carboxylic acids is 1. The van der Waals surface area contributed by atoms with Gasteiger partial charge in [-0.1, -0.05) is 31.5 Å². The molecule has 22 heavy (non-hydrogen) atoms. The van der Waals surface area contributed by atoms with E-state index in [2.05, 4.69) is 5.32 Å². The van der Waals surface area contributed by atoms with Crippen molar-refractivity contribution in [1.29, 1.82) is 0 Å². The minimum atomic E-state index is -1.32. The standard InChI is InChI=1S/C15H19ClN2O4/c1-7(2)15(4,14(17)22)18-12(19)9-6-5-8(3)11(16)10(9)13(20)21/h5-7H,1-4H3,(H2,17,22)(H,18,19)(H,20,21). The van der Waals surface area contributed by atoms with Gasteiger partial charge in [-0.3, -0.25) is 9.59 Å². The topological polar surface area (TPSA) is 109 Å². The Balaban J connectivity index is 3.33. The van der Waals surface area contributed by atoms with E-state index in [9.17, 15) is 19.5 Å². The lowest BCUT2D eigenvalue weighted by molar-refractivity contribution is -0.125. The zero-order chi connectivity index (χ0) is 17.2. The van der Waals surface area contributed by atoms with E-state index in [0.717, 1.165) is 0 Å². The van der Waals surface area contributed by atoms with Crippen LogP contribution in [0.4, 0.5) is 0 Å². The molecule has 0 aliphatic heterocycles. The van der Waals surface area contributed by atoms with Crippen molar-refractivity contribution >= 4 is 29.4 Å². The van der Waals surface area contributed by atoms with Gasteiger partial charge in [-0.05, 0) is 31.4 Å². The summed E-state index contributed by atoms with van der Waals surface area (Å²) < 4.78 is 0. The predicted molar refractivity (Wildman–Crippen MR) is 83.1 cm³/mol. The van der Waals surface area contributed by atoms with Gasteiger partial charge in [0, 0.05) is 0 Å². The number of rotatable bonds is 5. The summed E-state index contributed by atoms with van der Waals surface area (Å²) in [7, 11) is 0. The molecule has 0 aliphatic rings. The summed E-state index contributed by atoms with van der Waals surface area (Å²) in [4.78, 5) is 35.4. The Morgan fingerprint density at radius 2 is 1.86 bits per heavy atom. The second-order valence-corrected chi connectivity index (χ2v) is 5.98. The number of nitrogens with one attached hydrogen (secondary N) is 1. The first-order valence-corrected chi connectivity index (χ1v) is 7.05. The van der Waals surface area contributed by atoms with Crippen molar-refractivity contribution in [3.63, 3.8) is 0 Å². The third-order valence-electron chi connectivity index (χ3n) is 3.83. The first-order valence-electron chi connectivity index (χ1n) is 6.67. The third-order valence-corrected chi connectivity index (χ3v) is 4.32. The van der Waals surface area contributed by atoms with Gasteiger partial charge < -0.3 is 16.2 Å². The van der Waals surface area contributed by atoms with Crippen LogP contribution >= 0.6 is 11.6 Å². The fourth-order valence-electron chi connectivity index (χ4n) is 1.87. The number of aryl methyl sites for hydroxylation is 1. The van der Waals surface area contributed by atoms with E-state index in [4.69, 9.17) is 17.3 Å². The van der Waals surface area contributed by atoms with Crippen LogP contribution < -0.4 is 11.1 Å². The van der Waals surface area contributed by atoms with Crippen molar-refractivity contribution < 1.29 is 19.5 Å². The summed E-state index contributed by atoms with van der Waals surface area (Å²) >= 11 is 5.98. The minimum absolute atomic E-state index is 0.00882. The summed E-state index contributed by atoms with van der Waals surface area (Å²) in [6.45, 7) is 6.59. The van der Waals surface area contributed by atoms with Crippen LogP contribution in [0.15, 0.2) is 12.1 Å². The lowest BCUT2D eigenvalue weighted by Crippen LogP contribution is -2.58. The molecule has 2 amide bonds. The lowest BCUT2D eigenvalue weighted by atomic mass is 9.87. The Labute approximate surface area is 133 Å². The number of hydrogen-bond donors (Lipinski definition) is 3. The second-order valence-electron chi connectivity index (χ2n) is 5.60. The predicted octanol–water partition coefficient (Wildman–Crippen LogP) is 1.98. The number of nitrogens with two attached hydrogens (primary N) is 1. The number of halogens is 1. The maximum Gasteiger partial charge on any atom is 0.338 e. The smallest absolute Gasteiger partial charge is 0.338 e. The van der Waals surface area contributed by atoms with Gasteiger partial charge in [-0.2, -0.15) is 0 Å². The number of carbonyl (C=O) groups excluding carboxylic acids is 2. The molecule has 0 bridgehead atoms. The van der Waals surface area contributed by atoms with E-state index in [1.165, 1.54) is 13.0 Å². The van der Waals surface area contributed by atoms with Crippen LogP contribution in [0.5, 0.6) is 0 Å². The monoisotopic (exact) mass is 326 g/mol. The molecule has 120 valence electrons. The largest absolute Gasteiger partial charge is 0.478 e. The summed E-state index contributed by atoms with van der Waals surface area (Å²) in [6, 6.07) is 2.91. The molecular formula is C15H19ClN2O4. The van der Waals surface area contributed by atoms with Crippen LogP contribution in [-0.2, 0) is 4.79 Å². The van der Waals surface area contributed by atoms with Crippen molar-refractivity contribution in [2.75, 3.05) is 0 Å². The molecule has 0 fully saturated rings. The van der Waals surface area contributed by atoms with E-state index in [1.54, 1.807) is 26.8 Å². The van der Waals surface area contributed by atoms with Gasteiger partial charge in [0.2, 0.25) is 5.91 Å². The van der Waals surface area contributed by atoms with Crippen LogP contribution in [0, 0.1) is 12.8 Å². The SMILES string of the molecule is Cc1ccc(C(=O)NC(C)(C(N)=O)C(C)C)c(C(=O)O)c1Cl. The number of carboxylic acids is 1. The van der Waals surface area contributed by atoms with Crippen LogP contribution in [0.25, 0.3) is 0 Å². The maximum atomic E-state index is 12.4. The van der Waals surface area contributed by atoms with Crippen molar-refractivity contribution in [2.24, 2.45) is 11.7 Å². The maximum absolute atomic E-state index is 12.4. The molecule has 1 atom stereocenters. The molecule has 1 aromatic rings. The Bertz CT molecular complexity index is 643. The molecule has 1 rings (SSSR count). The Kier molecular flexibility index (Phi) is 5.19. The molecule has 0 saturated heterocycles. The van der Waals surface area contributed by atoms with Crippen LogP contribution in [0.3, 0.4) is 0 Å². The molecule has 0 aliphatic carbocycles. The highest BCUT2D eigenvalue weighted by Gasteiger charge is 2.37. The first-order chi connectivity index (χ1) is 10.0. The number of carbonyl (C=O) groups is 3. The highest BCUT2D eigenvalue weighted by molar-refractivity contribution is 6.35. The summed E-state index contributed by atoms with van der Waals surface area (Å²) in [5.74, 6) is -3.01.